The third kappa shape index (κ3) is 2.86. The van der Waals surface area contributed by atoms with Crippen molar-refractivity contribution in [1.29, 1.82) is 0 Å². The Labute approximate surface area is 200 Å². The second-order valence-corrected chi connectivity index (χ2v) is 14.3. The van der Waals surface area contributed by atoms with E-state index in [-0.39, 0.29) is 5.56 Å². The van der Waals surface area contributed by atoms with Crippen LogP contribution in [0.3, 0.4) is 0 Å². The van der Waals surface area contributed by atoms with E-state index in [2.05, 4.69) is 47.2 Å². The maximum atomic E-state index is 13.2. The molecule has 0 saturated carbocycles. The van der Waals surface area contributed by atoms with Gasteiger partial charge in [-0.15, -0.1) is 0 Å². The second-order valence-electron chi connectivity index (χ2n) is 10.0. The lowest BCUT2D eigenvalue weighted by atomic mass is 9.78. The van der Waals surface area contributed by atoms with Gasteiger partial charge >= 0.3 is 11.9 Å². The fourth-order valence-electron chi connectivity index (χ4n) is 5.35. The van der Waals surface area contributed by atoms with Crippen molar-refractivity contribution in [1.82, 2.24) is 0 Å². The standard InChI is InChI=1S/C27H28N2O4Si/c1-28(2)17-8-11-20-23(14-17)34(5,6)24-15-18(29(3)4)9-12-21(24)27(20)22-13-16(25(30)31)7-10-19(22)26(32)33-27/h7-15H,1-6H3,(H,30,31). The highest BCUT2D eigenvalue weighted by Gasteiger charge is 2.56. The molecule has 2 heterocycles. The summed E-state index contributed by atoms with van der Waals surface area (Å²) in [6, 6.07) is 17.3. The molecule has 174 valence electrons. The first-order chi connectivity index (χ1) is 16.0. The molecule has 1 N–H and O–H groups in total. The summed E-state index contributed by atoms with van der Waals surface area (Å²) in [5.41, 5.74) is 3.97. The molecular weight excluding hydrogens is 444 g/mol. The van der Waals surface area contributed by atoms with Crippen molar-refractivity contribution >= 4 is 41.8 Å². The Kier molecular flexibility index (Phi) is 4.71. The third-order valence-electron chi connectivity index (χ3n) is 7.26. The summed E-state index contributed by atoms with van der Waals surface area (Å²) >= 11 is 0. The first-order valence-corrected chi connectivity index (χ1v) is 14.2. The van der Waals surface area contributed by atoms with Gasteiger partial charge < -0.3 is 19.6 Å². The Bertz CT molecular complexity index is 1320. The number of anilines is 2. The average Bonchev–Trinajstić information content (AvgIpc) is 3.09. The molecule has 0 atom stereocenters. The van der Waals surface area contributed by atoms with E-state index in [4.69, 9.17) is 4.74 Å². The normalized spacial score (nSPS) is 16.4. The lowest BCUT2D eigenvalue weighted by molar-refractivity contribution is 0.0255. The van der Waals surface area contributed by atoms with Gasteiger partial charge in [0.15, 0.2) is 5.60 Å². The van der Waals surface area contributed by atoms with Crippen LogP contribution >= 0.6 is 0 Å². The van der Waals surface area contributed by atoms with Crippen molar-refractivity contribution in [2.45, 2.75) is 18.7 Å². The molecule has 5 rings (SSSR count). The molecule has 0 aliphatic carbocycles. The van der Waals surface area contributed by atoms with Gasteiger partial charge in [0.25, 0.3) is 0 Å². The number of benzene rings is 3. The highest BCUT2D eigenvalue weighted by Crippen LogP contribution is 2.49. The van der Waals surface area contributed by atoms with Gasteiger partial charge in [-0.2, -0.15) is 0 Å². The number of nitrogens with zero attached hydrogens (tertiary/aromatic N) is 2. The van der Waals surface area contributed by atoms with E-state index in [9.17, 15) is 14.7 Å². The number of ether oxygens (including phenoxy) is 1. The maximum Gasteiger partial charge on any atom is 0.340 e. The molecule has 0 radical (unpaired) electrons. The highest BCUT2D eigenvalue weighted by atomic mass is 28.3. The molecule has 0 saturated heterocycles. The molecule has 0 aromatic heterocycles. The molecule has 6 nitrogen and oxygen atoms in total. The number of carbonyl (C=O) groups is 2. The van der Waals surface area contributed by atoms with Crippen molar-refractivity contribution < 1.29 is 19.4 Å². The van der Waals surface area contributed by atoms with Crippen LogP contribution in [0.1, 0.15) is 37.4 Å². The van der Waals surface area contributed by atoms with Gasteiger partial charge in [0.1, 0.15) is 8.07 Å². The third-order valence-corrected chi connectivity index (χ3v) is 10.8. The number of carboxylic acids is 1. The van der Waals surface area contributed by atoms with Gasteiger partial charge in [0.2, 0.25) is 0 Å². The first kappa shape index (κ1) is 22.2. The second kappa shape index (κ2) is 7.21. The number of fused-ring (bicyclic) bond motifs is 6. The molecule has 3 aromatic rings. The van der Waals surface area contributed by atoms with E-state index >= 15 is 0 Å². The maximum absolute atomic E-state index is 13.2. The van der Waals surface area contributed by atoms with E-state index in [0.717, 1.165) is 22.5 Å². The van der Waals surface area contributed by atoms with E-state index in [0.29, 0.717) is 11.1 Å². The summed E-state index contributed by atoms with van der Waals surface area (Å²) in [6.07, 6.45) is 0. The fourth-order valence-corrected chi connectivity index (χ4v) is 8.53. The van der Waals surface area contributed by atoms with Crippen LogP contribution in [0, 0.1) is 0 Å². The number of hydrogen-bond acceptors (Lipinski definition) is 5. The minimum atomic E-state index is -2.22. The number of esters is 1. The van der Waals surface area contributed by atoms with Crippen LogP contribution in [-0.4, -0.2) is 53.3 Å². The van der Waals surface area contributed by atoms with Crippen LogP contribution in [0.2, 0.25) is 13.1 Å². The Morgan fingerprint density at radius 3 is 1.82 bits per heavy atom. The van der Waals surface area contributed by atoms with Crippen molar-refractivity contribution in [3.63, 3.8) is 0 Å². The molecule has 34 heavy (non-hydrogen) atoms. The van der Waals surface area contributed by atoms with Crippen molar-refractivity contribution in [2.24, 2.45) is 0 Å². The lowest BCUT2D eigenvalue weighted by Crippen LogP contribution is -2.63. The van der Waals surface area contributed by atoms with E-state index < -0.39 is 25.6 Å². The molecule has 7 heteroatoms. The van der Waals surface area contributed by atoms with Crippen LogP contribution in [0.5, 0.6) is 0 Å². The van der Waals surface area contributed by atoms with Crippen molar-refractivity contribution in [3.05, 3.63) is 82.4 Å². The van der Waals surface area contributed by atoms with Crippen LogP contribution in [0.4, 0.5) is 11.4 Å². The first-order valence-electron chi connectivity index (χ1n) is 11.2. The Hall–Kier alpha value is -3.58. The number of aromatic carboxylic acids is 1. The highest BCUT2D eigenvalue weighted by molar-refractivity contribution is 7.01. The summed E-state index contributed by atoms with van der Waals surface area (Å²) in [7, 11) is 5.82. The minimum Gasteiger partial charge on any atom is -0.478 e. The van der Waals surface area contributed by atoms with Gasteiger partial charge in [-0.3, -0.25) is 0 Å². The average molecular weight is 473 g/mol. The number of carbonyl (C=O) groups excluding carboxylic acids is 1. The summed E-state index contributed by atoms with van der Waals surface area (Å²) in [5.74, 6) is -1.47. The van der Waals surface area contributed by atoms with Crippen molar-refractivity contribution in [2.75, 3.05) is 38.0 Å². The molecule has 2 aliphatic rings. The summed E-state index contributed by atoms with van der Waals surface area (Å²) in [4.78, 5) is 29.2. The zero-order chi connectivity index (χ0) is 24.6. The largest absolute Gasteiger partial charge is 0.478 e. The predicted molar refractivity (Wildman–Crippen MR) is 137 cm³/mol. The molecular formula is C27H28N2O4Si. The fraction of sp³-hybridized carbons (Fsp3) is 0.259. The molecule has 2 aliphatic heterocycles. The smallest absolute Gasteiger partial charge is 0.340 e. The summed E-state index contributed by atoms with van der Waals surface area (Å²) < 4.78 is 6.31. The van der Waals surface area contributed by atoms with Gasteiger partial charge in [0.05, 0.1) is 11.1 Å². The minimum absolute atomic E-state index is 0.136. The molecule has 0 amide bonds. The van der Waals surface area contributed by atoms with Gasteiger partial charge in [-0.1, -0.05) is 25.2 Å². The van der Waals surface area contributed by atoms with E-state index in [1.54, 1.807) is 12.1 Å². The van der Waals surface area contributed by atoms with Crippen LogP contribution in [-0.2, 0) is 10.3 Å². The predicted octanol–water partition coefficient (Wildman–Crippen LogP) is 3.12. The zero-order valence-corrected chi connectivity index (χ0v) is 21.3. The molecule has 1 spiro atoms. The van der Waals surface area contributed by atoms with E-state index in [1.807, 2.05) is 40.3 Å². The molecule has 0 fully saturated rings. The molecule has 3 aromatic carbocycles. The van der Waals surface area contributed by atoms with Crippen LogP contribution in [0.25, 0.3) is 0 Å². The number of carboxylic acid groups (broad SMARTS) is 1. The van der Waals surface area contributed by atoms with Crippen LogP contribution in [0.15, 0.2) is 54.6 Å². The van der Waals surface area contributed by atoms with Crippen LogP contribution < -0.4 is 20.2 Å². The number of rotatable bonds is 3. The Morgan fingerprint density at radius 2 is 1.35 bits per heavy atom. The summed E-state index contributed by atoms with van der Waals surface area (Å²) in [5, 5.41) is 12.1. The van der Waals surface area contributed by atoms with Crippen molar-refractivity contribution in [3.8, 4) is 0 Å². The summed E-state index contributed by atoms with van der Waals surface area (Å²) in [6.45, 7) is 4.64. The van der Waals surface area contributed by atoms with E-state index in [1.165, 1.54) is 16.4 Å². The molecule has 0 unspecified atom stereocenters. The van der Waals surface area contributed by atoms with Gasteiger partial charge in [-0.05, 0) is 52.8 Å². The SMILES string of the molecule is CN(C)c1ccc2c(c1)[Si](C)(C)c1cc(N(C)C)ccc1C21OC(=O)c2ccc(C(=O)O)cc21. The quantitative estimate of drug-likeness (QED) is 0.467. The Balaban J connectivity index is 1.93. The molecule has 0 bridgehead atoms. The van der Waals surface area contributed by atoms with Gasteiger partial charge in [-0.25, -0.2) is 9.59 Å². The topological polar surface area (TPSA) is 70.1 Å². The number of hydrogen-bond donors (Lipinski definition) is 1. The zero-order valence-electron chi connectivity index (χ0n) is 20.3. The van der Waals surface area contributed by atoms with Gasteiger partial charge in [0, 0.05) is 56.3 Å². The monoisotopic (exact) mass is 472 g/mol. The Morgan fingerprint density at radius 1 is 0.824 bits per heavy atom. The lowest BCUT2D eigenvalue weighted by Gasteiger charge is -2.44.